The molecule has 0 aliphatic rings. The number of aryl methyl sites for hydroxylation is 2. The highest BCUT2D eigenvalue weighted by atomic mass is 16.1. The van der Waals surface area contributed by atoms with Gasteiger partial charge in [-0.15, -0.1) is 0 Å². The number of para-hydroxylation sites is 1. The standard InChI is InChI=1S/C22H24N4O/c1-14(2)17-9-11-18(12-10-17)24-21(27)20-13-16(4)23-22(26-20)25-19-8-6-5-7-15(19)3/h5-14H,1-4H3,(H,24,27)(H,23,25,26). The fourth-order valence-corrected chi connectivity index (χ4v) is 2.72. The van der Waals surface area contributed by atoms with Gasteiger partial charge < -0.3 is 10.6 Å². The van der Waals surface area contributed by atoms with E-state index in [-0.39, 0.29) is 5.91 Å². The largest absolute Gasteiger partial charge is 0.324 e. The van der Waals surface area contributed by atoms with Gasteiger partial charge in [-0.25, -0.2) is 9.97 Å². The van der Waals surface area contributed by atoms with Gasteiger partial charge in [0.1, 0.15) is 5.69 Å². The van der Waals surface area contributed by atoms with E-state index in [9.17, 15) is 4.79 Å². The zero-order valence-corrected chi connectivity index (χ0v) is 16.1. The Morgan fingerprint density at radius 3 is 2.33 bits per heavy atom. The van der Waals surface area contributed by atoms with Gasteiger partial charge in [0.05, 0.1) is 0 Å². The molecular formula is C22H24N4O. The van der Waals surface area contributed by atoms with Crippen LogP contribution in [0.25, 0.3) is 0 Å². The van der Waals surface area contributed by atoms with Gasteiger partial charge in [0.2, 0.25) is 5.95 Å². The van der Waals surface area contributed by atoms with E-state index >= 15 is 0 Å². The normalized spacial score (nSPS) is 10.7. The number of rotatable bonds is 5. The zero-order valence-electron chi connectivity index (χ0n) is 16.1. The van der Waals surface area contributed by atoms with Crippen molar-refractivity contribution in [3.05, 3.63) is 77.1 Å². The summed E-state index contributed by atoms with van der Waals surface area (Å²) >= 11 is 0. The van der Waals surface area contributed by atoms with Crippen LogP contribution < -0.4 is 10.6 Å². The third-order valence-corrected chi connectivity index (χ3v) is 4.31. The molecule has 1 aromatic heterocycles. The first-order valence-electron chi connectivity index (χ1n) is 9.02. The average molecular weight is 360 g/mol. The van der Waals surface area contributed by atoms with Crippen LogP contribution in [0, 0.1) is 13.8 Å². The minimum atomic E-state index is -0.259. The Labute approximate surface area is 159 Å². The van der Waals surface area contributed by atoms with Gasteiger partial charge in [-0.2, -0.15) is 0 Å². The first-order chi connectivity index (χ1) is 12.9. The molecule has 5 heteroatoms. The third-order valence-electron chi connectivity index (χ3n) is 4.31. The molecule has 138 valence electrons. The minimum absolute atomic E-state index is 0.259. The van der Waals surface area contributed by atoms with Crippen LogP contribution in [-0.4, -0.2) is 15.9 Å². The quantitative estimate of drug-likeness (QED) is 0.655. The van der Waals surface area contributed by atoms with Gasteiger partial charge >= 0.3 is 0 Å². The molecule has 0 bridgehead atoms. The second kappa shape index (κ2) is 7.99. The summed E-state index contributed by atoms with van der Waals surface area (Å²) in [5, 5.41) is 6.09. The van der Waals surface area contributed by atoms with Gasteiger partial charge in [0, 0.05) is 17.1 Å². The van der Waals surface area contributed by atoms with E-state index in [0.717, 1.165) is 22.6 Å². The number of hydrogen-bond donors (Lipinski definition) is 2. The molecule has 0 unspecified atom stereocenters. The third kappa shape index (κ3) is 4.70. The summed E-state index contributed by atoms with van der Waals surface area (Å²) in [6.45, 7) is 8.13. The predicted octanol–water partition coefficient (Wildman–Crippen LogP) is 5.21. The lowest BCUT2D eigenvalue weighted by molar-refractivity contribution is 0.102. The number of carbonyl (C=O) groups is 1. The van der Waals surface area contributed by atoms with Gasteiger partial charge in [-0.3, -0.25) is 4.79 Å². The summed E-state index contributed by atoms with van der Waals surface area (Å²) in [7, 11) is 0. The fourth-order valence-electron chi connectivity index (χ4n) is 2.72. The predicted molar refractivity (Wildman–Crippen MR) is 110 cm³/mol. The molecule has 2 N–H and O–H groups in total. The van der Waals surface area contributed by atoms with Crippen molar-refractivity contribution in [1.82, 2.24) is 9.97 Å². The monoisotopic (exact) mass is 360 g/mol. The van der Waals surface area contributed by atoms with Gasteiger partial charge in [0.25, 0.3) is 5.91 Å². The molecule has 2 aromatic carbocycles. The summed E-state index contributed by atoms with van der Waals surface area (Å²) in [5.41, 5.74) is 5.02. The summed E-state index contributed by atoms with van der Waals surface area (Å²) in [6, 6.07) is 17.4. The maximum atomic E-state index is 12.6. The summed E-state index contributed by atoms with van der Waals surface area (Å²) in [6.07, 6.45) is 0. The topological polar surface area (TPSA) is 66.9 Å². The highest BCUT2D eigenvalue weighted by molar-refractivity contribution is 6.03. The first kappa shape index (κ1) is 18.6. The van der Waals surface area contributed by atoms with Gasteiger partial charge in [-0.1, -0.05) is 44.2 Å². The summed E-state index contributed by atoms with van der Waals surface area (Å²) < 4.78 is 0. The van der Waals surface area contributed by atoms with Gasteiger partial charge in [0.15, 0.2) is 0 Å². The van der Waals surface area contributed by atoms with Crippen molar-refractivity contribution < 1.29 is 4.79 Å². The van der Waals surface area contributed by atoms with E-state index in [0.29, 0.717) is 17.6 Å². The minimum Gasteiger partial charge on any atom is -0.324 e. The molecular weight excluding hydrogens is 336 g/mol. The molecule has 1 amide bonds. The molecule has 27 heavy (non-hydrogen) atoms. The molecule has 0 atom stereocenters. The van der Waals surface area contributed by atoms with Crippen molar-refractivity contribution in [2.75, 3.05) is 10.6 Å². The lowest BCUT2D eigenvalue weighted by atomic mass is 10.0. The molecule has 0 saturated carbocycles. The molecule has 0 aliphatic carbocycles. The molecule has 1 heterocycles. The molecule has 3 aromatic rings. The number of aromatic nitrogens is 2. The van der Waals surface area contributed by atoms with Gasteiger partial charge in [-0.05, 0) is 55.2 Å². The van der Waals surface area contributed by atoms with Crippen molar-refractivity contribution in [3.63, 3.8) is 0 Å². The van der Waals surface area contributed by atoms with E-state index in [4.69, 9.17) is 0 Å². The van der Waals surface area contributed by atoms with Crippen molar-refractivity contribution in [2.45, 2.75) is 33.6 Å². The van der Waals surface area contributed by atoms with E-state index < -0.39 is 0 Å². The fraction of sp³-hybridized carbons (Fsp3) is 0.227. The smallest absolute Gasteiger partial charge is 0.274 e. The molecule has 0 aliphatic heterocycles. The van der Waals surface area contributed by atoms with E-state index in [1.165, 1.54) is 5.56 Å². The molecule has 0 saturated heterocycles. The van der Waals surface area contributed by atoms with Crippen LogP contribution in [0.5, 0.6) is 0 Å². The van der Waals surface area contributed by atoms with Crippen LogP contribution in [0.3, 0.4) is 0 Å². The Morgan fingerprint density at radius 2 is 1.67 bits per heavy atom. The van der Waals surface area contributed by atoms with E-state index in [1.54, 1.807) is 6.07 Å². The molecule has 5 nitrogen and oxygen atoms in total. The zero-order chi connectivity index (χ0) is 19.4. The average Bonchev–Trinajstić information content (AvgIpc) is 2.63. The molecule has 0 fully saturated rings. The van der Waals surface area contributed by atoms with Crippen molar-refractivity contribution in [3.8, 4) is 0 Å². The number of hydrogen-bond acceptors (Lipinski definition) is 4. The molecule has 0 radical (unpaired) electrons. The van der Waals surface area contributed by atoms with Crippen LogP contribution in [0.1, 0.15) is 47.1 Å². The summed E-state index contributed by atoms with van der Waals surface area (Å²) in [5.74, 6) is 0.601. The molecule has 0 spiro atoms. The second-order valence-electron chi connectivity index (χ2n) is 6.89. The maximum Gasteiger partial charge on any atom is 0.274 e. The Morgan fingerprint density at radius 1 is 0.963 bits per heavy atom. The Kier molecular flexibility index (Phi) is 5.50. The van der Waals surface area contributed by atoms with Crippen LogP contribution in [0.4, 0.5) is 17.3 Å². The van der Waals surface area contributed by atoms with Crippen LogP contribution in [0.15, 0.2) is 54.6 Å². The lowest BCUT2D eigenvalue weighted by Gasteiger charge is -2.11. The SMILES string of the molecule is Cc1cc(C(=O)Nc2ccc(C(C)C)cc2)nc(Nc2ccccc2C)n1. The second-order valence-corrected chi connectivity index (χ2v) is 6.89. The highest BCUT2D eigenvalue weighted by Crippen LogP contribution is 2.20. The van der Waals surface area contributed by atoms with Crippen LogP contribution in [-0.2, 0) is 0 Å². The Hall–Kier alpha value is -3.21. The Balaban J connectivity index is 1.78. The van der Waals surface area contributed by atoms with Crippen LogP contribution >= 0.6 is 0 Å². The lowest BCUT2D eigenvalue weighted by Crippen LogP contribution is -2.15. The van der Waals surface area contributed by atoms with E-state index in [1.807, 2.05) is 62.4 Å². The maximum absolute atomic E-state index is 12.6. The number of benzene rings is 2. The van der Waals surface area contributed by atoms with Crippen molar-refractivity contribution in [1.29, 1.82) is 0 Å². The van der Waals surface area contributed by atoms with Crippen LogP contribution in [0.2, 0.25) is 0 Å². The number of nitrogens with zero attached hydrogens (tertiary/aromatic N) is 2. The number of nitrogens with one attached hydrogen (secondary N) is 2. The van der Waals surface area contributed by atoms with Crippen molar-refractivity contribution >= 4 is 23.2 Å². The Bertz CT molecular complexity index is 949. The number of carbonyl (C=O) groups excluding carboxylic acids is 1. The highest BCUT2D eigenvalue weighted by Gasteiger charge is 2.12. The summed E-state index contributed by atoms with van der Waals surface area (Å²) in [4.78, 5) is 21.4. The number of anilines is 3. The van der Waals surface area contributed by atoms with E-state index in [2.05, 4.69) is 34.4 Å². The molecule has 3 rings (SSSR count). The first-order valence-corrected chi connectivity index (χ1v) is 9.02. The number of amides is 1. The van der Waals surface area contributed by atoms with Crippen molar-refractivity contribution in [2.24, 2.45) is 0 Å².